The second kappa shape index (κ2) is 19.5. The Balaban J connectivity index is 1.73. The van der Waals surface area contributed by atoms with Crippen molar-refractivity contribution in [2.45, 2.75) is 55.4 Å². The van der Waals surface area contributed by atoms with Gasteiger partial charge in [0.25, 0.3) is 5.69 Å². The van der Waals surface area contributed by atoms with Crippen LogP contribution in [0.5, 0.6) is 0 Å². The van der Waals surface area contributed by atoms with Crippen LogP contribution in [0, 0.1) is 17.9 Å². The molecule has 0 saturated carbocycles. The quantitative estimate of drug-likeness (QED) is 0.0649. The Morgan fingerprint density at radius 3 is 1.20 bits per heavy atom. The van der Waals surface area contributed by atoms with E-state index in [0.717, 1.165) is 104 Å². The second-order valence-electron chi connectivity index (χ2n) is 13.5. The van der Waals surface area contributed by atoms with Gasteiger partial charge in [0.05, 0.1) is 6.57 Å². The van der Waals surface area contributed by atoms with E-state index in [1.165, 1.54) is 5.69 Å². The monoisotopic (exact) mass is 746 g/mol. The zero-order chi connectivity index (χ0) is 40.2. The molecule has 0 saturated heterocycles. The van der Waals surface area contributed by atoms with Gasteiger partial charge in [0.2, 0.25) is 34.2 Å². The van der Waals surface area contributed by atoms with Crippen molar-refractivity contribution in [1.29, 1.82) is 5.26 Å². The highest BCUT2D eigenvalue weighted by Gasteiger charge is 2.28. The Labute approximate surface area is 335 Å². The molecule has 4 aromatic rings. The molecule has 288 valence electrons. The van der Waals surface area contributed by atoms with Gasteiger partial charge in [0, 0.05) is 136 Å². The highest BCUT2D eigenvalue weighted by atomic mass is 15.1. The summed E-state index contributed by atoms with van der Waals surface area (Å²) in [6, 6.07) is 32.2. The van der Waals surface area contributed by atoms with Crippen LogP contribution < -0.4 is 28.8 Å². The largest absolute Gasteiger partial charge is 0.373 e. The average molecular weight is 747 g/mol. The third-order valence-electron chi connectivity index (χ3n) is 10.8. The van der Waals surface area contributed by atoms with E-state index in [4.69, 9.17) is 6.57 Å². The highest BCUT2D eigenvalue weighted by Crippen LogP contribution is 2.36. The van der Waals surface area contributed by atoms with Crippen molar-refractivity contribution in [3.8, 4) is 6.07 Å². The fraction of sp³-hybridized carbons (Fsp3) is 0.333. The maximum absolute atomic E-state index is 10.5. The number of nitriles is 1. The minimum absolute atomic E-state index is 0.591. The first kappa shape index (κ1) is 41.1. The molecular formula is C48H58N8+2. The lowest BCUT2D eigenvalue weighted by molar-refractivity contribution is 0.865. The van der Waals surface area contributed by atoms with Gasteiger partial charge >= 0.3 is 0 Å². The fourth-order valence-corrected chi connectivity index (χ4v) is 7.58. The Morgan fingerprint density at radius 2 is 0.821 bits per heavy atom. The summed E-state index contributed by atoms with van der Waals surface area (Å²) < 4.78 is 4.35. The van der Waals surface area contributed by atoms with E-state index >= 15 is 0 Å². The van der Waals surface area contributed by atoms with Crippen LogP contribution in [0.2, 0.25) is 0 Å². The van der Waals surface area contributed by atoms with Gasteiger partial charge in [-0.05, 0) is 104 Å². The summed E-state index contributed by atoms with van der Waals surface area (Å²) in [5.41, 5.74) is 11.0. The molecule has 0 bridgehead atoms. The van der Waals surface area contributed by atoms with Crippen LogP contribution in [0.15, 0.2) is 109 Å². The van der Waals surface area contributed by atoms with Crippen LogP contribution in [-0.4, -0.2) is 63.8 Å². The zero-order valence-corrected chi connectivity index (χ0v) is 34.6. The van der Waals surface area contributed by atoms with Crippen molar-refractivity contribution in [2.75, 3.05) is 72.0 Å². The first-order valence-electron chi connectivity index (χ1n) is 20.3. The number of rotatable bonds is 16. The van der Waals surface area contributed by atoms with Gasteiger partial charge in [-0.25, -0.2) is 4.85 Å². The van der Waals surface area contributed by atoms with E-state index in [9.17, 15) is 5.26 Å². The average Bonchev–Trinajstić information content (AvgIpc) is 3.25. The van der Waals surface area contributed by atoms with Crippen LogP contribution >= 0.6 is 0 Å². The Bertz CT molecular complexity index is 1990. The molecule has 0 amide bonds. The van der Waals surface area contributed by atoms with E-state index in [-0.39, 0.29) is 0 Å². The third kappa shape index (κ3) is 8.72. The molecule has 5 rings (SSSR count). The standard InChI is InChI=1S/C48H58N8/c1-10-51(11-2)38-18-22-40(23-19-38)55(47-32-30-44(34-37(47)36-49)53(14-5)15-6)41-26-28-43(29-27-41)56(42-24-20-39(21-25-42)52(12-3)13-4)48-33-31-45(35-46(48)50-9)54(16-7)17-8/h18-35H,10-17H2,1-8H3/q+2. The molecule has 8 nitrogen and oxygen atoms in total. The fourth-order valence-electron chi connectivity index (χ4n) is 7.58. The minimum Gasteiger partial charge on any atom is -0.373 e. The molecule has 56 heavy (non-hydrogen) atoms. The van der Waals surface area contributed by atoms with Gasteiger partial charge < -0.3 is 19.6 Å². The minimum atomic E-state index is 0.591. The van der Waals surface area contributed by atoms with E-state index in [2.05, 4.69) is 192 Å². The Kier molecular flexibility index (Phi) is 14.3. The molecule has 0 N–H and O–H groups in total. The number of hydrogen-bond donors (Lipinski definition) is 0. The Hall–Kier alpha value is -6.12. The van der Waals surface area contributed by atoms with E-state index < -0.39 is 0 Å². The molecule has 0 radical (unpaired) electrons. The summed E-state index contributed by atoms with van der Waals surface area (Å²) in [5.74, 6) is 0. The van der Waals surface area contributed by atoms with Gasteiger partial charge in [0.15, 0.2) is 0 Å². The van der Waals surface area contributed by atoms with Crippen molar-refractivity contribution >= 4 is 62.6 Å². The maximum atomic E-state index is 10.5. The molecule has 8 heteroatoms. The van der Waals surface area contributed by atoms with Gasteiger partial charge in [-0.3, -0.25) is 0 Å². The zero-order valence-electron chi connectivity index (χ0n) is 34.6. The topological polar surface area (TPSA) is 47.1 Å². The van der Waals surface area contributed by atoms with Crippen molar-refractivity contribution in [2.24, 2.45) is 0 Å². The number of anilines is 4. The first-order valence-corrected chi connectivity index (χ1v) is 20.3. The number of nitrogens with zero attached hydrogens (tertiary/aromatic N) is 8. The van der Waals surface area contributed by atoms with Gasteiger partial charge in [0.1, 0.15) is 11.6 Å². The van der Waals surface area contributed by atoms with Crippen molar-refractivity contribution in [1.82, 2.24) is 9.15 Å². The summed E-state index contributed by atoms with van der Waals surface area (Å²) in [6.07, 6.45) is 8.47. The molecule has 0 spiro atoms. The molecule has 0 heterocycles. The second-order valence-corrected chi connectivity index (χ2v) is 13.5. The van der Waals surface area contributed by atoms with Crippen LogP contribution in [-0.2, 0) is 0 Å². The molecule has 4 aromatic carbocycles. The van der Waals surface area contributed by atoms with Gasteiger partial charge in [-0.2, -0.15) is 14.4 Å². The van der Waals surface area contributed by atoms with E-state index in [1.807, 2.05) is 12.1 Å². The van der Waals surface area contributed by atoms with Gasteiger partial charge in [-0.15, -0.1) is 0 Å². The molecule has 1 aliphatic carbocycles. The summed E-state index contributed by atoms with van der Waals surface area (Å²) in [7, 11) is 0. The van der Waals surface area contributed by atoms with E-state index in [1.54, 1.807) is 0 Å². The lowest BCUT2D eigenvalue weighted by atomic mass is 10.1. The molecular weight excluding hydrogens is 689 g/mol. The normalized spacial score (nSPS) is 11.9. The summed E-state index contributed by atoms with van der Waals surface area (Å²) in [5, 5.41) is 10.5. The maximum Gasteiger partial charge on any atom is 0.259 e. The summed E-state index contributed by atoms with van der Waals surface area (Å²) >= 11 is 0. The van der Waals surface area contributed by atoms with Crippen molar-refractivity contribution < 1.29 is 0 Å². The highest BCUT2D eigenvalue weighted by molar-refractivity contribution is 6.21. The first-order chi connectivity index (χ1) is 27.3. The number of allylic oxidation sites excluding steroid dienone is 4. The lowest BCUT2D eigenvalue weighted by Gasteiger charge is -2.22. The molecule has 0 unspecified atom stereocenters. The summed E-state index contributed by atoms with van der Waals surface area (Å²) in [6.45, 7) is 32.7. The predicted molar refractivity (Wildman–Crippen MR) is 242 cm³/mol. The molecule has 0 atom stereocenters. The van der Waals surface area contributed by atoms with Crippen molar-refractivity contribution in [3.05, 3.63) is 126 Å². The van der Waals surface area contributed by atoms with Crippen LogP contribution in [0.1, 0.15) is 61.0 Å². The number of benzene rings is 4. The number of hydrogen-bond acceptors (Lipinski definition) is 5. The van der Waals surface area contributed by atoms with E-state index in [0.29, 0.717) is 11.3 Å². The molecule has 0 fully saturated rings. The van der Waals surface area contributed by atoms with Crippen LogP contribution in [0.3, 0.4) is 0 Å². The molecule has 0 aliphatic heterocycles. The molecule has 0 aromatic heterocycles. The van der Waals surface area contributed by atoms with Crippen LogP contribution in [0.25, 0.3) is 4.85 Å². The predicted octanol–water partition coefficient (Wildman–Crippen LogP) is 10.9. The third-order valence-corrected chi connectivity index (χ3v) is 10.8. The molecule has 1 aliphatic rings. The Morgan fingerprint density at radius 1 is 0.482 bits per heavy atom. The van der Waals surface area contributed by atoms with Gasteiger partial charge in [-0.1, -0.05) is 0 Å². The SMILES string of the molecule is [C-]#[N+]c1cc(N(CC)CC)ccc1[N+](=C1C=CC(=[N+](c2ccc(N(CC)CC)cc2)c2ccc(N(CC)CC)cc2C#N)C=C1)c1ccc(N(CC)CC)cc1. The smallest absolute Gasteiger partial charge is 0.259 e. The van der Waals surface area contributed by atoms with Crippen molar-refractivity contribution in [3.63, 3.8) is 0 Å². The summed E-state index contributed by atoms with van der Waals surface area (Å²) in [4.78, 5) is 13.3. The lowest BCUT2D eigenvalue weighted by Crippen LogP contribution is -2.23. The van der Waals surface area contributed by atoms with Crippen LogP contribution in [0.4, 0.5) is 51.2 Å².